The summed E-state index contributed by atoms with van der Waals surface area (Å²) in [7, 11) is 0. The van der Waals surface area contributed by atoms with Gasteiger partial charge < -0.3 is 4.74 Å². The zero-order valence-electron chi connectivity index (χ0n) is 11.5. The Hall–Kier alpha value is -1.81. The maximum absolute atomic E-state index is 5.81. The average molecular weight is 386 g/mol. The Labute approximate surface area is 138 Å². The van der Waals surface area contributed by atoms with Gasteiger partial charge in [0, 0.05) is 3.57 Å². The lowest BCUT2D eigenvalue weighted by molar-refractivity contribution is 0.306. The maximum atomic E-state index is 5.81. The third-order valence-corrected chi connectivity index (χ3v) is 4.20. The summed E-state index contributed by atoms with van der Waals surface area (Å²) in [5.74, 6) is 0.900. The highest BCUT2D eigenvalue weighted by Gasteiger charge is 2.03. The van der Waals surface area contributed by atoms with E-state index in [2.05, 4.69) is 71.1 Å². The van der Waals surface area contributed by atoms with Gasteiger partial charge in [-0.1, -0.05) is 54.6 Å². The summed E-state index contributed by atoms with van der Waals surface area (Å²) in [5.41, 5.74) is 3.67. The molecule has 0 saturated carbocycles. The lowest BCUT2D eigenvalue weighted by Crippen LogP contribution is -1.95. The third-order valence-electron chi connectivity index (χ3n) is 3.26. The molecule has 0 radical (unpaired) electrons. The molecule has 0 atom stereocenters. The number of rotatable bonds is 4. The second-order valence-electron chi connectivity index (χ2n) is 4.78. The van der Waals surface area contributed by atoms with Crippen molar-refractivity contribution in [3.63, 3.8) is 0 Å². The third kappa shape index (κ3) is 3.64. The second kappa shape index (κ2) is 6.76. The van der Waals surface area contributed by atoms with Crippen LogP contribution in [-0.4, -0.2) is 0 Å². The summed E-state index contributed by atoms with van der Waals surface area (Å²) in [6.45, 7) is 0.585. The molecular formula is C19H15IO. The van der Waals surface area contributed by atoms with Crippen LogP contribution in [0.15, 0.2) is 78.9 Å². The molecule has 3 aromatic rings. The summed E-state index contributed by atoms with van der Waals surface area (Å²) in [4.78, 5) is 0. The van der Waals surface area contributed by atoms with Crippen molar-refractivity contribution < 1.29 is 4.74 Å². The second-order valence-corrected chi connectivity index (χ2v) is 5.94. The van der Waals surface area contributed by atoms with Gasteiger partial charge in [0.2, 0.25) is 0 Å². The largest absolute Gasteiger partial charge is 0.489 e. The molecule has 0 aliphatic carbocycles. The number of hydrogen-bond acceptors (Lipinski definition) is 1. The van der Waals surface area contributed by atoms with Gasteiger partial charge in [-0.05, 0) is 63.5 Å². The van der Waals surface area contributed by atoms with Crippen LogP contribution in [0.2, 0.25) is 0 Å². The van der Waals surface area contributed by atoms with Crippen molar-refractivity contribution in [2.45, 2.75) is 6.61 Å². The molecule has 0 aromatic heterocycles. The van der Waals surface area contributed by atoms with E-state index in [1.807, 2.05) is 30.3 Å². The van der Waals surface area contributed by atoms with Gasteiger partial charge in [-0.25, -0.2) is 0 Å². The topological polar surface area (TPSA) is 9.23 Å². The van der Waals surface area contributed by atoms with E-state index in [9.17, 15) is 0 Å². The summed E-state index contributed by atoms with van der Waals surface area (Å²) in [6.07, 6.45) is 0. The number of benzene rings is 3. The highest BCUT2D eigenvalue weighted by atomic mass is 127. The van der Waals surface area contributed by atoms with Crippen LogP contribution in [0, 0.1) is 3.57 Å². The van der Waals surface area contributed by atoms with E-state index in [0.717, 1.165) is 5.75 Å². The van der Waals surface area contributed by atoms with Crippen molar-refractivity contribution in [1.29, 1.82) is 0 Å². The minimum Gasteiger partial charge on any atom is -0.489 e. The van der Waals surface area contributed by atoms with E-state index in [1.54, 1.807) is 0 Å². The van der Waals surface area contributed by atoms with Gasteiger partial charge in [0.15, 0.2) is 0 Å². The van der Waals surface area contributed by atoms with Crippen LogP contribution in [0.4, 0.5) is 0 Å². The first-order valence-corrected chi connectivity index (χ1v) is 7.92. The fourth-order valence-corrected chi connectivity index (χ4v) is 2.91. The van der Waals surface area contributed by atoms with Gasteiger partial charge in [0.1, 0.15) is 12.4 Å². The molecule has 0 bridgehead atoms. The number of para-hydroxylation sites is 1. The van der Waals surface area contributed by atoms with Gasteiger partial charge in [0.05, 0.1) is 0 Å². The molecule has 0 spiro atoms. The molecule has 1 nitrogen and oxygen atoms in total. The molecule has 104 valence electrons. The molecule has 0 amide bonds. The summed E-state index contributed by atoms with van der Waals surface area (Å²) in [6, 6.07) is 26.9. The van der Waals surface area contributed by atoms with Crippen LogP contribution in [0.25, 0.3) is 11.1 Å². The minimum atomic E-state index is 0.585. The Morgan fingerprint density at radius 1 is 0.762 bits per heavy atom. The predicted molar refractivity (Wildman–Crippen MR) is 95.4 cm³/mol. The molecule has 0 unspecified atom stereocenters. The van der Waals surface area contributed by atoms with E-state index in [4.69, 9.17) is 4.74 Å². The highest BCUT2D eigenvalue weighted by Crippen LogP contribution is 2.26. The minimum absolute atomic E-state index is 0.585. The monoisotopic (exact) mass is 386 g/mol. The molecule has 0 N–H and O–H groups in total. The van der Waals surface area contributed by atoms with Crippen LogP contribution in [0.3, 0.4) is 0 Å². The van der Waals surface area contributed by atoms with E-state index in [-0.39, 0.29) is 0 Å². The quantitative estimate of drug-likeness (QED) is 0.536. The average Bonchev–Trinajstić information content (AvgIpc) is 2.55. The number of halogens is 1. The van der Waals surface area contributed by atoms with E-state index in [1.165, 1.54) is 20.3 Å². The predicted octanol–water partition coefficient (Wildman–Crippen LogP) is 5.54. The Balaban J connectivity index is 1.79. The summed E-state index contributed by atoms with van der Waals surface area (Å²) < 4.78 is 7.07. The van der Waals surface area contributed by atoms with E-state index in [0.29, 0.717) is 6.61 Å². The van der Waals surface area contributed by atoms with Crippen LogP contribution in [0.5, 0.6) is 5.75 Å². The standard InChI is InChI=1S/C19H15IO/c20-19-12-5-4-11-18(19)16-8-6-7-15(13-16)14-21-17-9-2-1-3-10-17/h1-13H,14H2. The van der Waals surface area contributed by atoms with Gasteiger partial charge in [-0.3, -0.25) is 0 Å². The smallest absolute Gasteiger partial charge is 0.119 e. The zero-order valence-corrected chi connectivity index (χ0v) is 13.7. The fourth-order valence-electron chi connectivity index (χ4n) is 2.21. The SMILES string of the molecule is Ic1ccccc1-c1cccc(COc2ccccc2)c1. The normalized spacial score (nSPS) is 10.3. The Bertz CT molecular complexity index is 722. The van der Waals surface area contributed by atoms with Crippen molar-refractivity contribution in [1.82, 2.24) is 0 Å². The van der Waals surface area contributed by atoms with Crippen molar-refractivity contribution >= 4 is 22.6 Å². The molecule has 0 aliphatic rings. The van der Waals surface area contributed by atoms with Gasteiger partial charge in [-0.15, -0.1) is 0 Å². The van der Waals surface area contributed by atoms with Gasteiger partial charge in [0.25, 0.3) is 0 Å². The first-order chi connectivity index (χ1) is 10.3. The van der Waals surface area contributed by atoms with Crippen LogP contribution >= 0.6 is 22.6 Å². The van der Waals surface area contributed by atoms with Crippen molar-refractivity contribution in [3.05, 3.63) is 88.0 Å². The molecule has 0 fully saturated rings. The Morgan fingerprint density at radius 2 is 1.52 bits per heavy atom. The first-order valence-electron chi connectivity index (χ1n) is 6.84. The zero-order chi connectivity index (χ0) is 14.5. The van der Waals surface area contributed by atoms with Crippen LogP contribution < -0.4 is 4.74 Å². The van der Waals surface area contributed by atoms with Gasteiger partial charge in [-0.2, -0.15) is 0 Å². The molecule has 3 rings (SSSR count). The van der Waals surface area contributed by atoms with E-state index >= 15 is 0 Å². The number of ether oxygens (including phenoxy) is 1. The molecule has 21 heavy (non-hydrogen) atoms. The molecule has 0 heterocycles. The lowest BCUT2D eigenvalue weighted by atomic mass is 10.0. The Kier molecular flexibility index (Phi) is 4.55. The molecule has 2 heteroatoms. The fraction of sp³-hybridized carbons (Fsp3) is 0.0526. The maximum Gasteiger partial charge on any atom is 0.119 e. The highest BCUT2D eigenvalue weighted by molar-refractivity contribution is 14.1. The van der Waals surface area contributed by atoms with Crippen molar-refractivity contribution in [2.75, 3.05) is 0 Å². The van der Waals surface area contributed by atoms with Crippen molar-refractivity contribution in [3.8, 4) is 16.9 Å². The van der Waals surface area contributed by atoms with Crippen LogP contribution in [0.1, 0.15) is 5.56 Å². The Morgan fingerprint density at radius 3 is 2.33 bits per heavy atom. The van der Waals surface area contributed by atoms with Crippen molar-refractivity contribution in [2.24, 2.45) is 0 Å². The first kappa shape index (κ1) is 14.1. The van der Waals surface area contributed by atoms with Crippen LogP contribution in [-0.2, 0) is 6.61 Å². The summed E-state index contributed by atoms with van der Waals surface area (Å²) >= 11 is 2.38. The van der Waals surface area contributed by atoms with E-state index < -0.39 is 0 Å². The molecular weight excluding hydrogens is 371 g/mol. The molecule has 0 saturated heterocycles. The van der Waals surface area contributed by atoms with Gasteiger partial charge >= 0.3 is 0 Å². The molecule has 0 aliphatic heterocycles. The molecule has 3 aromatic carbocycles. The number of hydrogen-bond donors (Lipinski definition) is 0. The summed E-state index contributed by atoms with van der Waals surface area (Å²) in [5, 5.41) is 0. The lowest BCUT2D eigenvalue weighted by Gasteiger charge is -2.09.